The molecule has 1 aromatic heterocycles. The van der Waals surface area contributed by atoms with Gasteiger partial charge < -0.3 is 16.0 Å². The molecule has 2 amide bonds. The first-order valence-corrected chi connectivity index (χ1v) is 10.4. The average molecular weight is 452 g/mol. The van der Waals surface area contributed by atoms with Crippen molar-refractivity contribution in [3.63, 3.8) is 0 Å². The van der Waals surface area contributed by atoms with Crippen LogP contribution in [0.5, 0.6) is 0 Å². The highest BCUT2D eigenvalue weighted by molar-refractivity contribution is 6.30. The van der Waals surface area contributed by atoms with Crippen molar-refractivity contribution in [1.29, 1.82) is 0 Å². The highest BCUT2D eigenvalue weighted by Gasteiger charge is 2.41. The van der Waals surface area contributed by atoms with Crippen LogP contribution < -0.4 is 11.1 Å². The Morgan fingerprint density at radius 1 is 1.39 bits per heavy atom. The highest BCUT2D eigenvalue weighted by atomic mass is 35.5. The van der Waals surface area contributed by atoms with E-state index >= 15 is 0 Å². The van der Waals surface area contributed by atoms with Gasteiger partial charge in [0, 0.05) is 18.0 Å². The molecule has 168 valence electrons. The zero-order valence-electron chi connectivity index (χ0n) is 17.8. The second-order valence-corrected chi connectivity index (χ2v) is 9.39. The van der Waals surface area contributed by atoms with Crippen LogP contribution in [0.15, 0.2) is 24.5 Å². The number of nitrogens with zero attached hydrogens (tertiary/aromatic N) is 5. The number of hydrogen-bond donors (Lipinski definition) is 2. The Bertz CT molecular complexity index is 932. The maximum Gasteiger partial charge on any atom is 0.243 e. The number of halogens is 2. The monoisotopic (exact) mass is 451 g/mol. The van der Waals surface area contributed by atoms with E-state index in [2.05, 4.69) is 20.8 Å². The third-order valence-electron chi connectivity index (χ3n) is 5.08. The molecule has 1 aromatic carbocycles. The van der Waals surface area contributed by atoms with Gasteiger partial charge in [0.1, 0.15) is 18.5 Å². The fraction of sp³-hybridized carbons (Fsp3) is 0.550. The third kappa shape index (κ3) is 5.76. The average Bonchev–Trinajstić information content (AvgIpc) is 3.34. The van der Waals surface area contributed by atoms with Crippen molar-refractivity contribution >= 4 is 23.4 Å². The molecule has 0 saturated carbocycles. The lowest BCUT2D eigenvalue weighted by molar-refractivity contribution is -0.140. The fourth-order valence-corrected chi connectivity index (χ4v) is 3.92. The molecule has 0 radical (unpaired) electrons. The van der Waals surface area contributed by atoms with E-state index in [-0.39, 0.29) is 24.9 Å². The second kappa shape index (κ2) is 9.27. The van der Waals surface area contributed by atoms with E-state index in [1.54, 1.807) is 18.2 Å². The predicted molar refractivity (Wildman–Crippen MR) is 113 cm³/mol. The first kappa shape index (κ1) is 23.1. The maximum atomic E-state index is 14.2. The number of benzene rings is 1. The Morgan fingerprint density at radius 3 is 2.77 bits per heavy atom. The molecule has 3 N–H and O–H groups in total. The summed E-state index contributed by atoms with van der Waals surface area (Å²) in [5, 5.41) is 14.4. The van der Waals surface area contributed by atoms with Crippen molar-refractivity contribution in [2.45, 2.75) is 58.4 Å². The zero-order chi connectivity index (χ0) is 22.8. The third-order valence-corrected chi connectivity index (χ3v) is 5.31. The first-order valence-electron chi connectivity index (χ1n) is 10.0. The van der Waals surface area contributed by atoms with Crippen LogP contribution in [0, 0.1) is 5.41 Å². The summed E-state index contributed by atoms with van der Waals surface area (Å²) >= 11 is 6.10. The number of rotatable bonds is 6. The molecular weight excluding hydrogens is 425 g/mol. The Hall–Kier alpha value is -2.59. The first-order chi connectivity index (χ1) is 14.5. The van der Waals surface area contributed by atoms with Gasteiger partial charge in [-0.3, -0.25) is 9.59 Å². The normalized spacial score (nSPS) is 20.0. The summed E-state index contributed by atoms with van der Waals surface area (Å²) in [4.78, 5) is 27.0. The van der Waals surface area contributed by atoms with Gasteiger partial charge in [-0.25, -0.2) is 9.07 Å². The van der Waals surface area contributed by atoms with E-state index in [1.165, 1.54) is 15.9 Å². The number of tetrazole rings is 1. The van der Waals surface area contributed by atoms with E-state index in [4.69, 9.17) is 17.3 Å². The maximum absolute atomic E-state index is 14.2. The minimum absolute atomic E-state index is 0.0603. The molecule has 0 spiro atoms. The number of nitrogens with two attached hydrogens (primary N) is 1. The molecule has 1 saturated heterocycles. The van der Waals surface area contributed by atoms with E-state index < -0.39 is 30.1 Å². The molecule has 3 rings (SSSR count). The Kier molecular flexibility index (Phi) is 6.90. The number of likely N-dealkylation sites (tertiary alicyclic amines) is 1. The van der Waals surface area contributed by atoms with Crippen molar-refractivity contribution in [3.05, 3.63) is 35.1 Å². The van der Waals surface area contributed by atoms with E-state index in [1.807, 2.05) is 20.8 Å². The molecule has 0 bridgehead atoms. The van der Waals surface area contributed by atoms with Gasteiger partial charge in [0.25, 0.3) is 0 Å². The number of hydrogen-bond acceptors (Lipinski definition) is 6. The second-order valence-electron chi connectivity index (χ2n) is 8.96. The molecule has 1 aliphatic rings. The van der Waals surface area contributed by atoms with Crippen LogP contribution in [0.2, 0.25) is 5.02 Å². The van der Waals surface area contributed by atoms with Gasteiger partial charge in [0.15, 0.2) is 0 Å². The molecular formula is C20H27ClFN7O2. The molecule has 1 unspecified atom stereocenters. The molecule has 2 aromatic rings. The van der Waals surface area contributed by atoms with E-state index in [0.717, 1.165) is 0 Å². The minimum Gasteiger partial charge on any atom is -0.350 e. The van der Waals surface area contributed by atoms with Gasteiger partial charge in [-0.2, -0.15) is 0 Å². The summed E-state index contributed by atoms with van der Waals surface area (Å²) in [6.07, 6.45) is 0.529. The fourth-order valence-electron chi connectivity index (χ4n) is 3.73. The van der Waals surface area contributed by atoms with Crippen LogP contribution in [0.3, 0.4) is 0 Å². The molecule has 3 atom stereocenters. The topological polar surface area (TPSA) is 119 Å². The predicted octanol–water partition coefficient (Wildman–Crippen LogP) is 1.63. The molecule has 9 nitrogen and oxygen atoms in total. The van der Waals surface area contributed by atoms with E-state index in [0.29, 0.717) is 22.7 Å². The summed E-state index contributed by atoms with van der Waals surface area (Å²) in [6, 6.07) is 3.40. The van der Waals surface area contributed by atoms with Crippen LogP contribution in [-0.4, -0.2) is 61.7 Å². The number of nitrogens with one attached hydrogen (secondary N) is 1. The van der Waals surface area contributed by atoms with Crippen LogP contribution in [-0.2, 0) is 16.1 Å². The number of carbonyl (C=O) groups is 2. The highest BCUT2D eigenvalue weighted by Crippen LogP contribution is 2.26. The summed E-state index contributed by atoms with van der Waals surface area (Å²) in [7, 11) is 0. The van der Waals surface area contributed by atoms with Crippen molar-refractivity contribution in [2.24, 2.45) is 11.1 Å². The number of alkyl halides is 1. The molecule has 1 fully saturated rings. The molecule has 1 aliphatic heterocycles. The molecule has 0 aliphatic carbocycles. The summed E-state index contributed by atoms with van der Waals surface area (Å²) < 4.78 is 15.6. The quantitative estimate of drug-likeness (QED) is 0.689. The minimum atomic E-state index is -1.27. The van der Waals surface area contributed by atoms with E-state index in [9.17, 15) is 14.0 Å². The number of aromatic nitrogens is 4. The lowest BCUT2D eigenvalue weighted by atomic mass is 9.88. The van der Waals surface area contributed by atoms with Gasteiger partial charge in [-0.1, -0.05) is 32.4 Å². The summed E-state index contributed by atoms with van der Waals surface area (Å²) in [5.74, 6) is -0.855. The largest absolute Gasteiger partial charge is 0.350 e. The van der Waals surface area contributed by atoms with Crippen LogP contribution in [0.1, 0.15) is 39.2 Å². The zero-order valence-corrected chi connectivity index (χ0v) is 18.5. The summed E-state index contributed by atoms with van der Waals surface area (Å²) in [5.41, 5.74) is 7.21. The van der Waals surface area contributed by atoms with Crippen LogP contribution >= 0.6 is 11.6 Å². The Balaban J connectivity index is 1.71. The molecule has 31 heavy (non-hydrogen) atoms. The Morgan fingerprint density at radius 2 is 2.13 bits per heavy atom. The molecule has 11 heteroatoms. The van der Waals surface area contributed by atoms with Gasteiger partial charge in [-0.05, 0) is 46.0 Å². The van der Waals surface area contributed by atoms with Crippen molar-refractivity contribution in [3.8, 4) is 5.69 Å². The lowest BCUT2D eigenvalue weighted by Crippen LogP contribution is -2.51. The number of amides is 2. The SMILES string of the molecule is CC(C)(C)C[C@@H](N)C(=O)N1C[C@@H](F)CC1C(=O)NCc1cc(Cl)ccc1-n1cnnn1. The van der Waals surface area contributed by atoms with Gasteiger partial charge >= 0.3 is 0 Å². The van der Waals surface area contributed by atoms with Gasteiger partial charge in [0.05, 0.1) is 18.3 Å². The van der Waals surface area contributed by atoms with Gasteiger partial charge in [-0.15, -0.1) is 5.10 Å². The summed E-state index contributed by atoms with van der Waals surface area (Å²) in [6.45, 7) is 5.89. The van der Waals surface area contributed by atoms with Crippen LogP contribution in [0.4, 0.5) is 4.39 Å². The number of carbonyl (C=O) groups excluding carboxylic acids is 2. The lowest BCUT2D eigenvalue weighted by Gasteiger charge is -2.29. The van der Waals surface area contributed by atoms with Gasteiger partial charge in [0.2, 0.25) is 11.8 Å². The molecule has 2 heterocycles. The van der Waals surface area contributed by atoms with Crippen molar-refractivity contribution < 1.29 is 14.0 Å². The standard InChI is InChI=1S/C20H27ClFN7O2/c1-20(2,3)8-15(23)19(31)28-10-14(22)7-17(28)18(30)24-9-12-6-13(21)4-5-16(12)29-11-25-26-27-29/h4-6,11,14-15,17H,7-10,23H2,1-3H3,(H,24,30)/t14-,15+,17?/m0/s1. The Labute approximate surface area is 185 Å². The van der Waals surface area contributed by atoms with Crippen LogP contribution in [0.25, 0.3) is 5.69 Å². The van der Waals surface area contributed by atoms with Crippen molar-refractivity contribution in [2.75, 3.05) is 6.54 Å². The van der Waals surface area contributed by atoms with Crippen molar-refractivity contribution in [1.82, 2.24) is 30.4 Å². The smallest absolute Gasteiger partial charge is 0.243 e.